The molecule has 0 saturated carbocycles. The first kappa shape index (κ1) is 21.9. The number of aromatic amines is 1. The molecule has 168 valence electrons. The van der Waals surface area contributed by atoms with Gasteiger partial charge in [-0.1, -0.05) is 32.9 Å². The second kappa shape index (κ2) is 8.30. The van der Waals surface area contributed by atoms with Gasteiger partial charge in [0.1, 0.15) is 11.9 Å². The van der Waals surface area contributed by atoms with E-state index in [2.05, 4.69) is 4.98 Å². The Labute approximate surface area is 189 Å². The second-order valence-corrected chi connectivity index (χ2v) is 9.60. The van der Waals surface area contributed by atoms with Crippen molar-refractivity contribution in [2.45, 2.75) is 26.8 Å². The molecule has 2 aromatic carbocycles. The van der Waals surface area contributed by atoms with Gasteiger partial charge in [0.15, 0.2) is 0 Å². The quantitative estimate of drug-likeness (QED) is 0.684. The van der Waals surface area contributed by atoms with Crippen LogP contribution in [0.25, 0.3) is 11.0 Å². The van der Waals surface area contributed by atoms with E-state index < -0.39 is 5.41 Å². The minimum Gasteiger partial charge on any atom is -0.378 e. The van der Waals surface area contributed by atoms with E-state index in [1.807, 2.05) is 98.1 Å². The van der Waals surface area contributed by atoms with Crippen LogP contribution in [-0.4, -0.2) is 65.3 Å². The third-order valence-electron chi connectivity index (χ3n) is 5.92. The van der Waals surface area contributed by atoms with Crippen molar-refractivity contribution in [3.63, 3.8) is 0 Å². The summed E-state index contributed by atoms with van der Waals surface area (Å²) in [4.78, 5) is 40.4. The highest BCUT2D eigenvalue weighted by Gasteiger charge is 2.39. The number of aromatic nitrogens is 2. The number of hydrogen-bond acceptors (Lipinski definition) is 4. The SMILES string of the molecule is CN(C)c1ccc(C(=O)N2CCN(C(=O)C(C)(C)C)C(c3nc4ccccc4[nH]3)C2)cc1. The average molecular weight is 434 g/mol. The molecule has 1 fully saturated rings. The van der Waals surface area contributed by atoms with Crippen LogP contribution in [0.4, 0.5) is 5.69 Å². The van der Waals surface area contributed by atoms with Gasteiger partial charge in [-0.2, -0.15) is 0 Å². The van der Waals surface area contributed by atoms with Gasteiger partial charge in [-0.05, 0) is 36.4 Å². The summed E-state index contributed by atoms with van der Waals surface area (Å²) in [6.45, 7) is 7.14. The minimum absolute atomic E-state index is 0.0284. The molecule has 1 N–H and O–H groups in total. The highest BCUT2D eigenvalue weighted by molar-refractivity contribution is 5.95. The Balaban J connectivity index is 1.64. The summed E-state index contributed by atoms with van der Waals surface area (Å²) < 4.78 is 0. The maximum absolute atomic E-state index is 13.3. The molecule has 32 heavy (non-hydrogen) atoms. The number of para-hydroxylation sites is 2. The van der Waals surface area contributed by atoms with Gasteiger partial charge in [0.25, 0.3) is 5.91 Å². The van der Waals surface area contributed by atoms with Crippen molar-refractivity contribution in [3.8, 4) is 0 Å². The van der Waals surface area contributed by atoms with Crippen molar-refractivity contribution in [3.05, 3.63) is 59.9 Å². The number of anilines is 1. The smallest absolute Gasteiger partial charge is 0.253 e. The monoisotopic (exact) mass is 433 g/mol. The zero-order chi connectivity index (χ0) is 23.0. The normalized spacial score (nSPS) is 17.0. The molecule has 1 aliphatic heterocycles. The third-order valence-corrected chi connectivity index (χ3v) is 5.92. The summed E-state index contributed by atoms with van der Waals surface area (Å²) in [5.41, 5.74) is 2.96. The zero-order valence-electron chi connectivity index (χ0n) is 19.4. The Morgan fingerprint density at radius 3 is 2.34 bits per heavy atom. The Kier molecular flexibility index (Phi) is 5.67. The van der Waals surface area contributed by atoms with Crippen LogP contribution >= 0.6 is 0 Å². The summed E-state index contributed by atoms with van der Waals surface area (Å²) in [5, 5.41) is 0. The molecular formula is C25H31N5O2. The standard InChI is InChI=1S/C25H31N5O2/c1-25(2,3)24(32)30-15-14-29(23(31)17-10-12-18(13-11-17)28(4)5)16-21(30)22-26-19-8-6-7-9-20(19)27-22/h6-13,21H,14-16H2,1-5H3,(H,26,27). The molecule has 2 heterocycles. The van der Waals surface area contributed by atoms with Gasteiger partial charge in [0.2, 0.25) is 5.91 Å². The Morgan fingerprint density at radius 2 is 1.72 bits per heavy atom. The number of nitrogens with zero attached hydrogens (tertiary/aromatic N) is 4. The van der Waals surface area contributed by atoms with Crippen molar-refractivity contribution in [2.24, 2.45) is 5.41 Å². The minimum atomic E-state index is -0.515. The van der Waals surface area contributed by atoms with Crippen molar-refractivity contribution in [2.75, 3.05) is 38.6 Å². The molecule has 0 spiro atoms. The molecule has 1 unspecified atom stereocenters. The summed E-state index contributed by atoms with van der Waals surface area (Å²) >= 11 is 0. The van der Waals surface area contributed by atoms with Gasteiger partial charge < -0.3 is 19.7 Å². The number of H-pyrrole nitrogens is 1. The molecule has 3 aromatic rings. The van der Waals surface area contributed by atoms with Crippen LogP contribution in [0.2, 0.25) is 0 Å². The van der Waals surface area contributed by atoms with E-state index in [-0.39, 0.29) is 17.9 Å². The lowest BCUT2D eigenvalue weighted by Crippen LogP contribution is -2.54. The first-order valence-corrected chi connectivity index (χ1v) is 11.0. The molecule has 0 aliphatic carbocycles. The lowest BCUT2D eigenvalue weighted by Gasteiger charge is -2.42. The summed E-state index contributed by atoms with van der Waals surface area (Å²) in [6, 6.07) is 15.1. The molecule has 1 aliphatic rings. The molecule has 1 aromatic heterocycles. The number of nitrogens with one attached hydrogen (secondary N) is 1. The van der Waals surface area contributed by atoms with Gasteiger partial charge >= 0.3 is 0 Å². The zero-order valence-corrected chi connectivity index (χ0v) is 19.4. The number of hydrogen-bond donors (Lipinski definition) is 1. The van der Waals surface area contributed by atoms with Crippen LogP contribution in [0, 0.1) is 5.41 Å². The van der Waals surface area contributed by atoms with Crippen LogP contribution in [0.5, 0.6) is 0 Å². The van der Waals surface area contributed by atoms with Crippen LogP contribution in [0.3, 0.4) is 0 Å². The van der Waals surface area contributed by atoms with Gasteiger partial charge in [-0.25, -0.2) is 4.98 Å². The lowest BCUT2D eigenvalue weighted by atomic mass is 9.93. The highest BCUT2D eigenvalue weighted by atomic mass is 16.2. The van der Waals surface area contributed by atoms with Crippen LogP contribution in [0.15, 0.2) is 48.5 Å². The summed E-state index contributed by atoms with van der Waals surface area (Å²) in [6.07, 6.45) is 0. The largest absolute Gasteiger partial charge is 0.378 e. The molecule has 0 radical (unpaired) electrons. The maximum atomic E-state index is 13.3. The number of imidazole rings is 1. The first-order chi connectivity index (χ1) is 15.1. The molecule has 1 saturated heterocycles. The second-order valence-electron chi connectivity index (χ2n) is 9.60. The van der Waals surface area contributed by atoms with Crippen molar-refractivity contribution in [1.29, 1.82) is 0 Å². The predicted molar refractivity (Wildman–Crippen MR) is 127 cm³/mol. The molecule has 0 bridgehead atoms. The number of carbonyl (C=O) groups excluding carboxylic acids is 2. The summed E-state index contributed by atoms with van der Waals surface area (Å²) in [7, 11) is 3.94. The number of benzene rings is 2. The van der Waals surface area contributed by atoms with E-state index in [0.29, 0.717) is 31.0 Å². The van der Waals surface area contributed by atoms with Crippen LogP contribution in [0.1, 0.15) is 43.0 Å². The number of rotatable bonds is 3. The van der Waals surface area contributed by atoms with Gasteiger partial charge in [0, 0.05) is 50.4 Å². The molecule has 2 amide bonds. The molecular weight excluding hydrogens is 402 g/mol. The van der Waals surface area contributed by atoms with Crippen molar-refractivity contribution >= 4 is 28.5 Å². The third kappa shape index (κ3) is 4.20. The number of carbonyl (C=O) groups is 2. The lowest BCUT2D eigenvalue weighted by molar-refractivity contribution is -0.144. The first-order valence-electron chi connectivity index (χ1n) is 11.0. The average Bonchev–Trinajstić information content (AvgIpc) is 3.21. The van der Waals surface area contributed by atoms with Gasteiger partial charge in [0.05, 0.1) is 11.0 Å². The topological polar surface area (TPSA) is 72.5 Å². The fourth-order valence-electron chi connectivity index (χ4n) is 4.09. The molecule has 4 rings (SSSR count). The number of amides is 2. The molecule has 1 atom stereocenters. The maximum Gasteiger partial charge on any atom is 0.253 e. The van der Waals surface area contributed by atoms with E-state index in [4.69, 9.17) is 4.98 Å². The van der Waals surface area contributed by atoms with E-state index in [1.54, 1.807) is 0 Å². The Bertz CT molecular complexity index is 1090. The van der Waals surface area contributed by atoms with Crippen molar-refractivity contribution < 1.29 is 9.59 Å². The Hall–Kier alpha value is -3.35. The molecule has 7 heteroatoms. The van der Waals surface area contributed by atoms with E-state index in [9.17, 15) is 9.59 Å². The van der Waals surface area contributed by atoms with Crippen LogP contribution < -0.4 is 4.90 Å². The van der Waals surface area contributed by atoms with Crippen LogP contribution in [-0.2, 0) is 4.79 Å². The van der Waals surface area contributed by atoms with Gasteiger partial charge in [-0.15, -0.1) is 0 Å². The number of piperazine rings is 1. The summed E-state index contributed by atoms with van der Waals surface area (Å²) in [5.74, 6) is 0.744. The highest BCUT2D eigenvalue weighted by Crippen LogP contribution is 2.31. The fraction of sp³-hybridized carbons (Fsp3) is 0.400. The molecule has 7 nitrogen and oxygen atoms in total. The number of fused-ring (bicyclic) bond motifs is 1. The van der Waals surface area contributed by atoms with Crippen molar-refractivity contribution in [1.82, 2.24) is 19.8 Å². The predicted octanol–water partition coefficient (Wildman–Crippen LogP) is 3.70. The van der Waals surface area contributed by atoms with Gasteiger partial charge in [-0.3, -0.25) is 9.59 Å². The van der Waals surface area contributed by atoms with E-state index in [1.165, 1.54) is 0 Å². The fourth-order valence-corrected chi connectivity index (χ4v) is 4.09. The van der Waals surface area contributed by atoms with E-state index >= 15 is 0 Å². The Morgan fingerprint density at radius 1 is 1.03 bits per heavy atom. The van der Waals surface area contributed by atoms with E-state index in [0.717, 1.165) is 16.7 Å².